The second-order valence-electron chi connectivity index (χ2n) is 6.23. The maximum absolute atomic E-state index is 12.9. The summed E-state index contributed by atoms with van der Waals surface area (Å²) in [4.78, 5) is 21.2. The van der Waals surface area contributed by atoms with Crippen molar-refractivity contribution < 1.29 is 4.79 Å². The van der Waals surface area contributed by atoms with Gasteiger partial charge in [0.05, 0.1) is 9.72 Å². The Morgan fingerprint density at radius 1 is 1.07 bits per heavy atom. The monoisotopic (exact) mass is 455 g/mol. The van der Waals surface area contributed by atoms with Gasteiger partial charge in [0.2, 0.25) is 0 Å². The Morgan fingerprint density at radius 2 is 1.79 bits per heavy atom. The molecule has 0 spiro atoms. The van der Waals surface area contributed by atoms with Crippen LogP contribution in [0.15, 0.2) is 48.5 Å². The van der Waals surface area contributed by atoms with E-state index in [1.54, 1.807) is 23.1 Å². The Hall–Kier alpha value is -1.63. The number of nitrogens with zero attached hydrogens (tertiary/aromatic N) is 3. The van der Waals surface area contributed by atoms with E-state index in [0.717, 1.165) is 22.3 Å². The van der Waals surface area contributed by atoms with Gasteiger partial charge in [-0.3, -0.25) is 9.69 Å². The molecular formula is C20H20Cl3N3OS. The van der Waals surface area contributed by atoms with Crippen LogP contribution in [0, 0.1) is 0 Å². The van der Waals surface area contributed by atoms with Crippen LogP contribution >= 0.6 is 46.9 Å². The highest BCUT2D eigenvalue weighted by Crippen LogP contribution is 2.33. The number of hydrogen-bond donors (Lipinski definition) is 0. The van der Waals surface area contributed by atoms with E-state index in [4.69, 9.17) is 23.2 Å². The maximum Gasteiger partial charge on any atom is 0.252 e. The van der Waals surface area contributed by atoms with Crippen molar-refractivity contribution in [3.8, 4) is 0 Å². The lowest BCUT2D eigenvalue weighted by molar-refractivity contribution is -0.114. The standard InChI is InChI=1S/C20H19Cl2N3OS.ClH/c1-24(2)12-13-25(18(26)11-10-14-6-3-4-7-15(14)21)20-23-19-16(22)8-5-9-17(19)27-20;/h3-11H,12-13H2,1-2H3;1H. The zero-order valence-corrected chi connectivity index (χ0v) is 18.6. The molecule has 1 heterocycles. The van der Waals surface area contributed by atoms with Gasteiger partial charge in [-0.2, -0.15) is 0 Å². The predicted molar refractivity (Wildman–Crippen MR) is 123 cm³/mol. The Balaban J connectivity index is 0.00000280. The molecule has 1 aromatic heterocycles. The first kappa shape index (κ1) is 22.7. The Kier molecular flexibility index (Phi) is 8.28. The number of halogens is 3. The van der Waals surface area contributed by atoms with E-state index >= 15 is 0 Å². The van der Waals surface area contributed by atoms with Crippen LogP contribution in [0.2, 0.25) is 10.0 Å². The molecule has 0 atom stereocenters. The number of benzene rings is 2. The summed E-state index contributed by atoms with van der Waals surface area (Å²) < 4.78 is 0.954. The number of carbonyl (C=O) groups is 1. The molecule has 8 heteroatoms. The molecule has 0 bridgehead atoms. The molecule has 28 heavy (non-hydrogen) atoms. The van der Waals surface area contributed by atoms with Gasteiger partial charge in [-0.05, 0) is 43.9 Å². The smallest absolute Gasteiger partial charge is 0.252 e. The molecule has 0 fully saturated rings. The van der Waals surface area contributed by atoms with Gasteiger partial charge in [0, 0.05) is 24.2 Å². The lowest BCUT2D eigenvalue weighted by Crippen LogP contribution is -2.35. The highest BCUT2D eigenvalue weighted by atomic mass is 35.5. The van der Waals surface area contributed by atoms with Crippen molar-refractivity contribution >= 4 is 74.3 Å². The predicted octanol–water partition coefficient (Wildman–Crippen LogP) is 5.63. The average Bonchev–Trinajstić information content (AvgIpc) is 3.06. The van der Waals surface area contributed by atoms with E-state index < -0.39 is 0 Å². The lowest BCUT2D eigenvalue weighted by Gasteiger charge is -2.20. The number of thiazole rings is 1. The number of anilines is 1. The molecule has 3 aromatic rings. The van der Waals surface area contributed by atoms with Crippen LogP contribution in [-0.4, -0.2) is 43.0 Å². The van der Waals surface area contributed by atoms with Crippen molar-refractivity contribution in [1.29, 1.82) is 0 Å². The third kappa shape index (κ3) is 5.46. The number of likely N-dealkylation sites (N-methyl/N-ethyl adjacent to an activating group) is 1. The van der Waals surface area contributed by atoms with Crippen LogP contribution in [0.3, 0.4) is 0 Å². The fourth-order valence-corrected chi connectivity index (χ4v) is 3.98. The molecule has 2 aromatic carbocycles. The van der Waals surface area contributed by atoms with Gasteiger partial charge in [-0.15, -0.1) is 12.4 Å². The van der Waals surface area contributed by atoms with Crippen molar-refractivity contribution in [1.82, 2.24) is 9.88 Å². The third-order valence-corrected chi connectivity index (χ3v) is 5.63. The molecular weight excluding hydrogens is 437 g/mol. The van der Waals surface area contributed by atoms with Gasteiger partial charge in [0.15, 0.2) is 5.13 Å². The Labute approximate surface area is 184 Å². The quantitative estimate of drug-likeness (QED) is 0.451. The average molecular weight is 457 g/mol. The molecule has 0 saturated heterocycles. The Bertz CT molecular complexity index is 988. The molecule has 0 aliphatic carbocycles. The third-order valence-electron chi connectivity index (χ3n) is 3.94. The summed E-state index contributed by atoms with van der Waals surface area (Å²) in [6.45, 7) is 1.24. The van der Waals surface area contributed by atoms with Crippen LogP contribution in [0.25, 0.3) is 16.3 Å². The molecule has 148 valence electrons. The van der Waals surface area contributed by atoms with Gasteiger partial charge in [-0.25, -0.2) is 4.98 Å². The molecule has 0 aliphatic heterocycles. The fraction of sp³-hybridized carbons (Fsp3) is 0.200. The van der Waals surface area contributed by atoms with Gasteiger partial charge >= 0.3 is 0 Å². The summed E-state index contributed by atoms with van der Waals surface area (Å²) in [5, 5.41) is 1.82. The lowest BCUT2D eigenvalue weighted by atomic mass is 10.2. The van der Waals surface area contributed by atoms with E-state index in [2.05, 4.69) is 4.98 Å². The van der Waals surface area contributed by atoms with Crippen molar-refractivity contribution in [2.45, 2.75) is 0 Å². The number of rotatable bonds is 6. The Morgan fingerprint density at radius 3 is 2.46 bits per heavy atom. The zero-order chi connectivity index (χ0) is 19.4. The molecule has 3 rings (SSSR count). The van der Waals surface area contributed by atoms with Crippen LogP contribution in [0.5, 0.6) is 0 Å². The minimum absolute atomic E-state index is 0. The fourth-order valence-electron chi connectivity index (χ4n) is 2.48. The first-order valence-electron chi connectivity index (χ1n) is 8.39. The van der Waals surface area contributed by atoms with Crippen LogP contribution in [-0.2, 0) is 4.79 Å². The molecule has 4 nitrogen and oxygen atoms in total. The molecule has 0 N–H and O–H groups in total. The number of amides is 1. The summed E-state index contributed by atoms with van der Waals surface area (Å²) in [5.74, 6) is -0.146. The van der Waals surface area contributed by atoms with Crippen molar-refractivity contribution in [3.63, 3.8) is 0 Å². The number of aromatic nitrogens is 1. The first-order chi connectivity index (χ1) is 13.0. The summed E-state index contributed by atoms with van der Waals surface area (Å²) in [5.41, 5.74) is 1.52. The molecule has 0 unspecified atom stereocenters. The van der Waals surface area contributed by atoms with Crippen LogP contribution < -0.4 is 4.90 Å². The van der Waals surface area contributed by atoms with E-state index in [9.17, 15) is 4.79 Å². The van der Waals surface area contributed by atoms with E-state index in [0.29, 0.717) is 21.7 Å². The van der Waals surface area contributed by atoms with Gasteiger partial charge in [0.25, 0.3) is 5.91 Å². The molecule has 0 aliphatic rings. The van der Waals surface area contributed by atoms with E-state index in [-0.39, 0.29) is 18.3 Å². The molecule has 0 saturated carbocycles. The minimum Gasteiger partial charge on any atom is -0.308 e. The summed E-state index contributed by atoms with van der Waals surface area (Å²) in [6.07, 6.45) is 3.26. The largest absolute Gasteiger partial charge is 0.308 e. The van der Waals surface area contributed by atoms with Crippen molar-refractivity contribution in [3.05, 3.63) is 64.1 Å². The second-order valence-corrected chi connectivity index (χ2v) is 8.05. The van der Waals surface area contributed by atoms with E-state index in [1.165, 1.54) is 17.4 Å². The number of hydrogen-bond acceptors (Lipinski definition) is 4. The van der Waals surface area contributed by atoms with Gasteiger partial charge < -0.3 is 4.90 Å². The summed E-state index contributed by atoms with van der Waals surface area (Å²) >= 11 is 13.9. The normalized spacial score (nSPS) is 11.2. The van der Waals surface area contributed by atoms with Crippen LogP contribution in [0.4, 0.5) is 5.13 Å². The van der Waals surface area contributed by atoms with Crippen molar-refractivity contribution in [2.24, 2.45) is 0 Å². The zero-order valence-electron chi connectivity index (χ0n) is 15.4. The summed E-state index contributed by atoms with van der Waals surface area (Å²) in [7, 11) is 3.94. The van der Waals surface area contributed by atoms with Crippen LogP contribution in [0.1, 0.15) is 5.56 Å². The minimum atomic E-state index is -0.146. The second kappa shape index (κ2) is 10.2. The number of carbonyl (C=O) groups excluding carboxylic acids is 1. The molecule has 0 radical (unpaired) electrons. The molecule has 1 amide bonds. The number of fused-ring (bicyclic) bond motifs is 1. The topological polar surface area (TPSA) is 36.4 Å². The number of para-hydroxylation sites is 1. The van der Waals surface area contributed by atoms with E-state index in [1.807, 2.05) is 49.3 Å². The van der Waals surface area contributed by atoms with Crippen molar-refractivity contribution in [2.75, 3.05) is 32.1 Å². The van der Waals surface area contributed by atoms with Gasteiger partial charge in [0.1, 0.15) is 5.52 Å². The maximum atomic E-state index is 12.9. The first-order valence-corrected chi connectivity index (χ1v) is 9.97. The summed E-state index contributed by atoms with van der Waals surface area (Å²) in [6, 6.07) is 13.0. The van der Waals surface area contributed by atoms with Gasteiger partial charge in [-0.1, -0.05) is 58.8 Å². The SMILES string of the molecule is CN(C)CCN(C(=O)C=Cc1ccccc1Cl)c1nc2c(Cl)cccc2s1.Cl. The highest BCUT2D eigenvalue weighted by Gasteiger charge is 2.19. The highest BCUT2D eigenvalue weighted by molar-refractivity contribution is 7.22.